The molecule has 0 saturated heterocycles. The molecule has 0 spiro atoms. The van der Waals surface area contributed by atoms with Crippen LogP contribution in [0.5, 0.6) is 0 Å². The van der Waals surface area contributed by atoms with E-state index < -0.39 is 0 Å². The van der Waals surface area contributed by atoms with Gasteiger partial charge in [0.15, 0.2) is 0 Å². The topological polar surface area (TPSA) is 35.2 Å². The Morgan fingerprint density at radius 3 is 2.75 bits per heavy atom. The van der Waals surface area contributed by atoms with Crippen LogP contribution in [0.2, 0.25) is 0 Å². The Balaban J connectivity index is 2.81. The highest BCUT2D eigenvalue weighted by atomic mass is 32.1. The van der Waals surface area contributed by atoms with Gasteiger partial charge in [-0.1, -0.05) is 0 Å². The lowest BCUT2D eigenvalue weighted by atomic mass is 9.97. The first-order chi connectivity index (χ1) is 5.56. The lowest BCUT2D eigenvalue weighted by Crippen LogP contribution is -2.37. The molecule has 0 radical (unpaired) electrons. The van der Waals surface area contributed by atoms with Gasteiger partial charge in [0, 0.05) is 12.0 Å². The maximum Gasteiger partial charge on any atom is 0.0681 e. The summed E-state index contributed by atoms with van der Waals surface area (Å²) < 4.78 is 5.05. The van der Waals surface area contributed by atoms with Crippen LogP contribution in [0.3, 0.4) is 0 Å². The van der Waals surface area contributed by atoms with Gasteiger partial charge in [-0.2, -0.15) is 0 Å². The van der Waals surface area contributed by atoms with Gasteiger partial charge in [-0.15, -0.1) is 11.3 Å². The van der Waals surface area contributed by atoms with Crippen LogP contribution in [0.25, 0.3) is 0 Å². The van der Waals surface area contributed by atoms with Crippen molar-refractivity contribution in [3.8, 4) is 0 Å². The fourth-order valence-corrected chi connectivity index (χ4v) is 1.97. The summed E-state index contributed by atoms with van der Waals surface area (Å²) in [6.07, 6.45) is 0. The summed E-state index contributed by atoms with van der Waals surface area (Å²) in [6.45, 7) is 4.62. The zero-order valence-electron chi connectivity index (χ0n) is 7.76. The molecule has 1 aromatic heterocycles. The molecule has 1 unspecified atom stereocenters. The van der Waals surface area contributed by atoms with Crippen molar-refractivity contribution in [1.29, 1.82) is 0 Å². The average Bonchev–Trinajstić information content (AvgIpc) is 2.36. The Morgan fingerprint density at radius 1 is 1.67 bits per heavy atom. The van der Waals surface area contributed by atoms with Crippen molar-refractivity contribution in [2.24, 2.45) is 5.73 Å². The summed E-state index contributed by atoms with van der Waals surface area (Å²) in [7, 11) is 1.67. The minimum atomic E-state index is -0.348. The summed E-state index contributed by atoms with van der Waals surface area (Å²) >= 11 is 1.72. The molecule has 0 fully saturated rings. The summed E-state index contributed by atoms with van der Waals surface area (Å²) in [6, 6.07) is 2.11. The molecule has 3 heteroatoms. The van der Waals surface area contributed by atoms with E-state index in [1.807, 2.05) is 6.92 Å². The molecule has 12 heavy (non-hydrogen) atoms. The van der Waals surface area contributed by atoms with Crippen molar-refractivity contribution < 1.29 is 4.74 Å². The molecule has 0 aliphatic rings. The average molecular weight is 185 g/mol. The highest BCUT2D eigenvalue weighted by Gasteiger charge is 2.21. The molecule has 1 heterocycles. The molecule has 68 valence electrons. The minimum Gasteiger partial charge on any atom is -0.382 e. The van der Waals surface area contributed by atoms with Crippen molar-refractivity contribution in [3.05, 3.63) is 21.9 Å². The number of methoxy groups -OCH3 is 1. The van der Waals surface area contributed by atoms with Crippen molar-refractivity contribution in [2.75, 3.05) is 13.7 Å². The SMILES string of the molecule is COCC(C)(N)c1csc(C)c1. The number of hydrogen-bond donors (Lipinski definition) is 1. The number of hydrogen-bond acceptors (Lipinski definition) is 3. The lowest BCUT2D eigenvalue weighted by Gasteiger charge is -2.22. The van der Waals surface area contributed by atoms with E-state index in [1.54, 1.807) is 18.4 Å². The monoisotopic (exact) mass is 185 g/mol. The van der Waals surface area contributed by atoms with Crippen LogP contribution in [-0.4, -0.2) is 13.7 Å². The van der Waals surface area contributed by atoms with Gasteiger partial charge < -0.3 is 10.5 Å². The molecule has 0 aromatic carbocycles. The minimum absolute atomic E-state index is 0.348. The predicted octanol–water partition coefficient (Wildman–Crippen LogP) is 1.88. The predicted molar refractivity (Wildman–Crippen MR) is 52.5 cm³/mol. The molecule has 0 bridgehead atoms. The van der Waals surface area contributed by atoms with Gasteiger partial charge in [0.1, 0.15) is 0 Å². The van der Waals surface area contributed by atoms with E-state index in [1.165, 1.54) is 4.88 Å². The molecular weight excluding hydrogens is 170 g/mol. The number of nitrogens with two attached hydrogens (primary N) is 1. The molecular formula is C9H15NOS. The van der Waals surface area contributed by atoms with Gasteiger partial charge >= 0.3 is 0 Å². The fourth-order valence-electron chi connectivity index (χ4n) is 1.13. The van der Waals surface area contributed by atoms with E-state index in [0.717, 1.165) is 5.56 Å². The van der Waals surface area contributed by atoms with Gasteiger partial charge in [-0.25, -0.2) is 0 Å². The molecule has 2 nitrogen and oxygen atoms in total. The van der Waals surface area contributed by atoms with E-state index in [9.17, 15) is 0 Å². The van der Waals surface area contributed by atoms with Crippen LogP contribution >= 0.6 is 11.3 Å². The molecule has 1 rings (SSSR count). The third-order valence-electron chi connectivity index (χ3n) is 1.83. The normalized spacial score (nSPS) is 16.0. The van der Waals surface area contributed by atoms with E-state index in [4.69, 9.17) is 10.5 Å². The van der Waals surface area contributed by atoms with Crippen LogP contribution in [0.4, 0.5) is 0 Å². The Kier molecular flexibility index (Phi) is 2.88. The van der Waals surface area contributed by atoms with Gasteiger partial charge in [-0.05, 0) is 30.9 Å². The second-order valence-corrected chi connectivity index (χ2v) is 4.41. The molecule has 0 amide bonds. The second kappa shape index (κ2) is 3.56. The quantitative estimate of drug-likeness (QED) is 0.780. The smallest absolute Gasteiger partial charge is 0.0681 e. The van der Waals surface area contributed by atoms with Gasteiger partial charge in [0.2, 0.25) is 0 Å². The first kappa shape index (κ1) is 9.71. The lowest BCUT2D eigenvalue weighted by molar-refractivity contribution is 0.141. The van der Waals surface area contributed by atoms with Crippen molar-refractivity contribution >= 4 is 11.3 Å². The molecule has 2 N–H and O–H groups in total. The highest BCUT2D eigenvalue weighted by molar-refractivity contribution is 7.10. The Hall–Kier alpha value is -0.380. The molecule has 1 atom stereocenters. The van der Waals surface area contributed by atoms with E-state index >= 15 is 0 Å². The van der Waals surface area contributed by atoms with Crippen molar-refractivity contribution in [1.82, 2.24) is 0 Å². The molecule has 0 saturated carbocycles. The third kappa shape index (κ3) is 2.06. The van der Waals surface area contributed by atoms with Crippen LogP contribution in [0.1, 0.15) is 17.4 Å². The standard InChI is InChI=1S/C9H15NOS/c1-7-4-8(5-12-7)9(2,10)6-11-3/h4-5H,6,10H2,1-3H3. The van der Waals surface area contributed by atoms with Gasteiger partial charge in [0.05, 0.1) is 12.1 Å². The zero-order chi connectivity index (χ0) is 9.19. The van der Waals surface area contributed by atoms with Crippen molar-refractivity contribution in [2.45, 2.75) is 19.4 Å². The second-order valence-electron chi connectivity index (χ2n) is 3.30. The number of ether oxygens (including phenoxy) is 1. The summed E-state index contributed by atoms with van der Waals surface area (Å²) in [5.41, 5.74) is 6.85. The van der Waals surface area contributed by atoms with Crippen LogP contribution in [-0.2, 0) is 10.3 Å². The summed E-state index contributed by atoms with van der Waals surface area (Å²) in [5, 5.41) is 2.09. The number of thiophene rings is 1. The molecule has 0 aliphatic carbocycles. The Labute approximate surface area is 77.3 Å². The third-order valence-corrected chi connectivity index (χ3v) is 2.70. The Bertz CT molecular complexity index is 255. The molecule has 0 aliphatic heterocycles. The highest BCUT2D eigenvalue weighted by Crippen LogP contribution is 2.23. The maximum atomic E-state index is 6.04. The summed E-state index contributed by atoms with van der Waals surface area (Å²) in [4.78, 5) is 1.29. The largest absolute Gasteiger partial charge is 0.382 e. The fraction of sp³-hybridized carbons (Fsp3) is 0.556. The van der Waals surface area contributed by atoms with E-state index in [-0.39, 0.29) is 5.54 Å². The Morgan fingerprint density at radius 2 is 2.33 bits per heavy atom. The number of rotatable bonds is 3. The van der Waals surface area contributed by atoms with E-state index in [2.05, 4.69) is 18.4 Å². The van der Waals surface area contributed by atoms with E-state index in [0.29, 0.717) is 6.61 Å². The van der Waals surface area contributed by atoms with Crippen LogP contribution in [0, 0.1) is 6.92 Å². The van der Waals surface area contributed by atoms with Crippen LogP contribution < -0.4 is 5.73 Å². The zero-order valence-corrected chi connectivity index (χ0v) is 8.57. The number of aryl methyl sites for hydroxylation is 1. The first-order valence-corrected chi connectivity index (χ1v) is 4.77. The van der Waals surface area contributed by atoms with Crippen molar-refractivity contribution in [3.63, 3.8) is 0 Å². The van der Waals surface area contributed by atoms with Gasteiger partial charge in [0.25, 0.3) is 0 Å². The maximum absolute atomic E-state index is 6.04. The van der Waals surface area contributed by atoms with Crippen LogP contribution in [0.15, 0.2) is 11.4 Å². The first-order valence-electron chi connectivity index (χ1n) is 3.90. The molecule has 1 aromatic rings. The van der Waals surface area contributed by atoms with Gasteiger partial charge in [-0.3, -0.25) is 0 Å². The summed E-state index contributed by atoms with van der Waals surface area (Å²) in [5.74, 6) is 0.